The van der Waals surface area contributed by atoms with Crippen molar-refractivity contribution >= 4 is 5.91 Å². The monoisotopic (exact) mass is 477 g/mol. The average Bonchev–Trinajstić information content (AvgIpc) is 3.28. The maximum Gasteiger partial charge on any atom is 0.252 e. The molecule has 3 N–H and O–H groups in total. The lowest BCUT2D eigenvalue weighted by molar-refractivity contribution is 0.0344. The van der Waals surface area contributed by atoms with Crippen LogP contribution in [0.25, 0.3) is 22.5 Å². The molecule has 0 aliphatic rings. The van der Waals surface area contributed by atoms with Crippen LogP contribution in [0, 0.1) is 18.6 Å². The largest absolute Gasteiger partial charge is 0.388 e. The van der Waals surface area contributed by atoms with E-state index in [2.05, 4.69) is 25.5 Å². The Labute approximate surface area is 201 Å². The van der Waals surface area contributed by atoms with Crippen LogP contribution in [0.3, 0.4) is 0 Å². The topological polar surface area (TPSA) is 104 Å². The van der Waals surface area contributed by atoms with Gasteiger partial charge in [-0.2, -0.15) is 5.10 Å². The van der Waals surface area contributed by atoms with Gasteiger partial charge in [0.15, 0.2) is 0 Å². The van der Waals surface area contributed by atoms with E-state index < -0.39 is 23.4 Å². The first kappa shape index (κ1) is 24.2. The zero-order chi connectivity index (χ0) is 25.2. The van der Waals surface area contributed by atoms with Gasteiger partial charge in [-0.3, -0.25) is 9.89 Å². The van der Waals surface area contributed by atoms with Gasteiger partial charge in [0.25, 0.3) is 5.91 Å². The van der Waals surface area contributed by atoms with E-state index in [4.69, 9.17) is 0 Å². The molecule has 0 saturated carbocycles. The molecule has 4 rings (SSSR count). The SMILES string of the molecule is Cc1ccnc(CC(NC(=O)c2cccc(F)c2-c2cc(-c3ccc(F)cc3)[nH]n2)C(C)(C)O)n1. The van der Waals surface area contributed by atoms with Crippen LogP contribution in [0.1, 0.15) is 35.7 Å². The highest BCUT2D eigenvalue weighted by atomic mass is 19.1. The van der Waals surface area contributed by atoms with Gasteiger partial charge in [-0.15, -0.1) is 0 Å². The van der Waals surface area contributed by atoms with Crippen LogP contribution in [-0.4, -0.2) is 42.8 Å². The molecule has 7 nitrogen and oxygen atoms in total. The maximum atomic E-state index is 15.0. The minimum Gasteiger partial charge on any atom is -0.388 e. The molecule has 0 aliphatic heterocycles. The van der Waals surface area contributed by atoms with E-state index in [0.29, 0.717) is 17.1 Å². The van der Waals surface area contributed by atoms with Gasteiger partial charge in [-0.05, 0) is 74.9 Å². The number of nitrogens with zero attached hydrogens (tertiary/aromatic N) is 3. The van der Waals surface area contributed by atoms with Crippen molar-refractivity contribution in [2.75, 3.05) is 0 Å². The van der Waals surface area contributed by atoms with Crippen LogP contribution in [0.2, 0.25) is 0 Å². The number of aliphatic hydroxyl groups is 1. The van der Waals surface area contributed by atoms with E-state index in [-0.39, 0.29) is 29.1 Å². The van der Waals surface area contributed by atoms with Crippen molar-refractivity contribution in [1.29, 1.82) is 0 Å². The molecule has 4 aromatic rings. The average molecular weight is 478 g/mol. The Morgan fingerprint density at radius 3 is 2.57 bits per heavy atom. The number of carbonyl (C=O) groups is 1. The van der Waals surface area contributed by atoms with Crippen LogP contribution >= 0.6 is 0 Å². The van der Waals surface area contributed by atoms with E-state index in [9.17, 15) is 18.7 Å². The Hall–Kier alpha value is -3.98. The van der Waals surface area contributed by atoms with E-state index in [1.807, 2.05) is 6.92 Å². The summed E-state index contributed by atoms with van der Waals surface area (Å²) in [5.74, 6) is -1.12. The molecule has 0 fully saturated rings. The number of benzene rings is 2. The fraction of sp³-hybridized carbons (Fsp3) is 0.231. The van der Waals surface area contributed by atoms with E-state index >= 15 is 0 Å². The fourth-order valence-corrected chi connectivity index (χ4v) is 3.70. The van der Waals surface area contributed by atoms with Crippen LogP contribution in [0.5, 0.6) is 0 Å². The van der Waals surface area contributed by atoms with Gasteiger partial charge in [0, 0.05) is 18.3 Å². The molecule has 2 aromatic heterocycles. The summed E-state index contributed by atoms with van der Waals surface area (Å²) < 4.78 is 28.2. The summed E-state index contributed by atoms with van der Waals surface area (Å²) in [4.78, 5) is 21.9. The highest BCUT2D eigenvalue weighted by molar-refractivity contribution is 6.01. The quantitative estimate of drug-likeness (QED) is 0.370. The first-order valence-electron chi connectivity index (χ1n) is 11.0. The normalized spacial score (nSPS) is 12.4. The molecule has 0 radical (unpaired) electrons. The van der Waals surface area contributed by atoms with E-state index in [1.54, 1.807) is 44.3 Å². The van der Waals surface area contributed by atoms with Crippen LogP contribution < -0.4 is 5.32 Å². The Balaban J connectivity index is 1.64. The van der Waals surface area contributed by atoms with E-state index in [1.165, 1.54) is 30.3 Å². The second-order valence-electron chi connectivity index (χ2n) is 8.83. The Bertz CT molecular complexity index is 1350. The minimum absolute atomic E-state index is 0.0101. The molecule has 0 saturated heterocycles. The maximum absolute atomic E-state index is 15.0. The molecule has 2 aromatic carbocycles. The molecule has 0 spiro atoms. The summed E-state index contributed by atoms with van der Waals surface area (Å²) >= 11 is 0. The van der Waals surface area contributed by atoms with Crippen LogP contribution in [-0.2, 0) is 6.42 Å². The molecule has 180 valence electrons. The molecular weight excluding hydrogens is 452 g/mol. The van der Waals surface area contributed by atoms with Gasteiger partial charge in [-0.25, -0.2) is 18.7 Å². The number of hydrogen-bond acceptors (Lipinski definition) is 5. The van der Waals surface area contributed by atoms with Crippen molar-refractivity contribution in [1.82, 2.24) is 25.5 Å². The second kappa shape index (κ2) is 9.71. The number of halogens is 2. The number of H-pyrrole nitrogens is 1. The summed E-state index contributed by atoms with van der Waals surface area (Å²) in [6.07, 6.45) is 1.79. The minimum atomic E-state index is -1.31. The zero-order valence-corrected chi connectivity index (χ0v) is 19.5. The van der Waals surface area contributed by atoms with E-state index in [0.717, 1.165) is 5.69 Å². The third-order valence-electron chi connectivity index (χ3n) is 5.64. The summed E-state index contributed by atoms with van der Waals surface area (Å²) in [5.41, 5.74) is 0.942. The fourth-order valence-electron chi connectivity index (χ4n) is 3.70. The first-order chi connectivity index (χ1) is 16.6. The number of amides is 1. The van der Waals surface area contributed by atoms with Crippen LogP contribution in [0.4, 0.5) is 8.78 Å². The predicted octanol–water partition coefficient (Wildman–Crippen LogP) is 4.23. The number of aryl methyl sites for hydroxylation is 1. The molecule has 2 heterocycles. The van der Waals surface area contributed by atoms with Crippen molar-refractivity contribution < 1.29 is 18.7 Å². The third-order valence-corrected chi connectivity index (χ3v) is 5.64. The van der Waals surface area contributed by atoms with Gasteiger partial charge >= 0.3 is 0 Å². The van der Waals surface area contributed by atoms with Gasteiger partial charge in [0.05, 0.1) is 34.2 Å². The molecule has 9 heteroatoms. The van der Waals surface area contributed by atoms with Crippen molar-refractivity contribution in [3.05, 3.63) is 89.5 Å². The molecule has 35 heavy (non-hydrogen) atoms. The van der Waals surface area contributed by atoms with Crippen molar-refractivity contribution in [2.24, 2.45) is 0 Å². The molecule has 1 amide bonds. The smallest absolute Gasteiger partial charge is 0.252 e. The lowest BCUT2D eigenvalue weighted by Crippen LogP contribution is -2.51. The highest BCUT2D eigenvalue weighted by Crippen LogP contribution is 2.29. The van der Waals surface area contributed by atoms with Gasteiger partial charge in [-0.1, -0.05) is 6.07 Å². The lowest BCUT2D eigenvalue weighted by atomic mass is 9.94. The number of rotatable bonds is 7. The molecule has 0 bridgehead atoms. The Kier molecular flexibility index (Phi) is 6.70. The van der Waals surface area contributed by atoms with Gasteiger partial charge in [0.2, 0.25) is 0 Å². The molecular formula is C26H25F2N5O2. The lowest BCUT2D eigenvalue weighted by Gasteiger charge is -2.30. The summed E-state index contributed by atoms with van der Waals surface area (Å²) in [6.45, 7) is 4.97. The third kappa shape index (κ3) is 5.58. The number of aromatic nitrogens is 4. The summed E-state index contributed by atoms with van der Waals surface area (Å²) in [6, 6.07) is 12.5. The van der Waals surface area contributed by atoms with Gasteiger partial charge < -0.3 is 10.4 Å². The van der Waals surface area contributed by atoms with Gasteiger partial charge in [0.1, 0.15) is 17.5 Å². The van der Waals surface area contributed by atoms with Crippen LogP contribution in [0.15, 0.2) is 60.8 Å². The highest BCUT2D eigenvalue weighted by Gasteiger charge is 2.31. The number of carbonyl (C=O) groups excluding carboxylic acids is 1. The Morgan fingerprint density at radius 2 is 1.89 bits per heavy atom. The molecule has 1 atom stereocenters. The number of aromatic amines is 1. The summed E-state index contributed by atoms with van der Waals surface area (Å²) in [7, 11) is 0. The zero-order valence-electron chi connectivity index (χ0n) is 19.5. The second-order valence-corrected chi connectivity index (χ2v) is 8.83. The summed E-state index contributed by atoms with van der Waals surface area (Å²) in [5, 5.41) is 20.5. The number of nitrogens with one attached hydrogen (secondary N) is 2. The first-order valence-corrected chi connectivity index (χ1v) is 11.0. The molecule has 0 aliphatic carbocycles. The standard InChI is InChI=1S/C26H25F2N5O2/c1-15-11-12-29-23(30-15)14-22(26(2,3)35)31-25(34)18-5-4-6-19(28)24(18)21-13-20(32-33-21)16-7-9-17(27)10-8-16/h4-13,22,35H,14H2,1-3H3,(H,31,34)(H,32,33). The van der Waals surface area contributed by atoms with Crippen molar-refractivity contribution in [2.45, 2.75) is 38.8 Å². The van der Waals surface area contributed by atoms with Crippen molar-refractivity contribution in [3.8, 4) is 22.5 Å². The predicted molar refractivity (Wildman–Crippen MR) is 127 cm³/mol. The molecule has 1 unspecified atom stereocenters. The van der Waals surface area contributed by atoms with Crippen molar-refractivity contribution in [3.63, 3.8) is 0 Å². The Morgan fingerprint density at radius 1 is 1.14 bits per heavy atom. The number of hydrogen-bond donors (Lipinski definition) is 3.